The average molecular weight is 362 g/mol. The van der Waals surface area contributed by atoms with E-state index in [1.807, 2.05) is 0 Å². The molecule has 106 valence electrons. The summed E-state index contributed by atoms with van der Waals surface area (Å²) in [5, 5.41) is 10.5. The van der Waals surface area contributed by atoms with Crippen molar-refractivity contribution in [2.24, 2.45) is 0 Å². The van der Waals surface area contributed by atoms with Gasteiger partial charge < -0.3 is 5.11 Å². The average Bonchev–Trinajstić information content (AvgIpc) is 2.33. The topological polar surface area (TPSA) is 20.2 Å². The molecule has 2 rings (SSSR count). The monoisotopic (exact) mass is 360 g/mol. The first-order valence-electron chi connectivity index (χ1n) is 5.91. The lowest BCUT2D eigenvalue weighted by Gasteiger charge is -2.24. The lowest BCUT2D eigenvalue weighted by atomic mass is 9.89. The molecule has 0 aliphatic rings. The first-order chi connectivity index (χ1) is 9.29. The fourth-order valence-corrected chi connectivity index (χ4v) is 2.52. The van der Waals surface area contributed by atoms with Gasteiger partial charge >= 0.3 is 0 Å². The Morgan fingerprint density at radius 2 is 1.85 bits per heavy atom. The van der Waals surface area contributed by atoms with E-state index in [2.05, 4.69) is 15.9 Å². The summed E-state index contributed by atoms with van der Waals surface area (Å²) in [6.07, 6.45) is 0.0830. The van der Waals surface area contributed by atoms with E-state index in [0.717, 1.165) is 0 Å². The van der Waals surface area contributed by atoms with Crippen LogP contribution in [0.1, 0.15) is 18.1 Å². The Kier molecular flexibility index (Phi) is 4.47. The Labute approximate surface area is 129 Å². The van der Waals surface area contributed by atoms with E-state index in [1.165, 1.54) is 31.2 Å². The number of benzene rings is 2. The largest absolute Gasteiger partial charge is 0.385 e. The lowest BCUT2D eigenvalue weighted by Crippen LogP contribution is -2.25. The summed E-state index contributed by atoms with van der Waals surface area (Å²) in [5.74, 6) is -1.07. The van der Waals surface area contributed by atoms with Crippen LogP contribution in [0.15, 0.2) is 40.9 Å². The van der Waals surface area contributed by atoms with Crippen LogP contribution in [0.5, 0.6) is 0 Å². The Bertz CT molecular complexity index is 644. The molecule has 0 heterocycles. The SMILES string of the molecule is CC(O)(Cc1ccc(Cl)c(F)c1)c1ccc(Br)cc1F. The number of halogens is 4. The third-order valence-corrected chi connectivity index (χ3v) is 3.84. The first kappa shape index (κ1) is 15.4. The van der Waals surface area contributed by atoms with Crippen LogP contribution in [-0.2, 0) is 12.0 Å². The van der Waals surface area contributed by atoms with Gasteiger partial charge in [-0.25, -0.2) is 8.78 Å². The van der Waals surface area contributed by atoms with Gasteiger partial charge in [0, 0.05) is 16.5 Å². The quantitative estimate of drug-likeness (QED) is 0.830. The van der Waals surface area contributed by atoms with Gasteiger partial charge in [0.1, 0.15) is 11.6 Å². The zero-order chi connectivity index (χ0) is 14.9. The molecule has 0 radical (unpaired) electrons. The minimum absolute atomic E-state index is 0.0169. The molecule has 0 saturated carbocycles. The summed E-state index contributed by atoms with van der Waals surface area (Å²) in [6, 6.07) is 8.71. The number of hydrogen-bond acceptors (Lipinski definition) is 1. The van der Waals surface area contributed by atoms with Gasteiger partial charge in [-0.1, -0.05) is 39.7 Å². The molecular formula is C15H12BrClF2O. The fourth-order valence-electron chi connectivity index (χ4n) is 2.07. The van der Waals surface area contributed by atoms with Crippen molar-refractivity contribution in [2.45, 2.75) is 18.9 Å². The van der Waals surface area contributed by atoms with Crippen molar-refractivity contribution in [3.05, 3.63) is 68.7 Å². The molecular weight excluding hydrogens is 350 g/mol. The maximum Gasteiger partial charge on any atom is 0.142 e. The highest BCUT2D eigenvalue weighted by molar-refractivity contribution is 9.10. The predicted octanol–water partition coefficient (Wildman–Crippen LogP) is 4.83. The molecule has 0 aliphatic heterocycles. The van der Waals surface area contributed by atoms with Gasteiger partial charge in [-0.3, -0.25) is 0 Å². The van der Waals surface area contributed by atoms with Crippen LogP contribution in [-0.4, -0.2) is 5.11 Å². The Hall–Kier alpha value is -0.970. The second-order valence-electron chi connectivity index (χ2n) is 4.82. The maximum absolute atomic E-state index is 13.9. The van der Waals surface area contributed by atoms with Gasteiger partial charge in [0.15, 0.2) is 0 Å². The van der Waals surface area contributed by atoms with Gasteiger partial charge in [-0.05, 0) is 36.8 Å². The van der Waals surface area contributed by atoms with Crippen LogP contribution in [0.25, 0.3) is 0 Å². The van der Waals surface area contributed by atoms with E-state index in [-0.39, 0.29) is 17.0 Å². The van der Waals surface area contributed by atoms with Crippen LogP contribution in [0, 0.1) is 11.6 Å². The Morgan fingerprint density at radius 1 is 1.15 bits per heavy atom. The lowest BCUT2D eigenvalue weighted by molar-refractivity contribution is 0.0537. The predicted molar refractivity (Wildman–Crippen MR) is 78.8 cm³/mol. The van der Waals surface area contributed by atoms with Crippen molar-refractivity contribution in [1.29, 1.82) is 0 Å². The molecule has 1 atom stereocenters. The summed E-state index contributed by atoms with van der Waals surface area (Å²) in [4.78, 5) is 0. The van der Waals surface area contributed by atoms with Crippen molar-refractivity contribution in [3.63, 3.8) is 0 Å². The van der Waals surface area contributed by atoms with Crippen molar-refractivity contribution < 1.29 is 13.9 Å². The standard InChI is InChI=1S/C15H12BrClF2O/c1-15(20,11-4-3-10(16)7-13(11)18)8-9-2-5-12(17)14(19)6-9/h2-7,20H,8H2,1H3. The van der Waals surface area contributed by atoms with Gasteiger partial charge in [-0.15, -0.1) is 0 Å². The van der Waals surface area contributed by atoms with E-state index >= 15 is 0 Å². The van der Waals surface area contributed by atoms with Crippen molar-refractivity contribution in [1.82, 2.24) is 0 Å². The van der Waals surface area contributed by atoms with E-state index in [0.29, 0.717) is 10.0 Å². The van der Waals surface area contributed by atoms with E-state index in [1.54, 1.807) is 12.1 Å². The fraction of sp³-hybridized carbons (Fsp3) is 0.200. The number of hydrogen-bond donors (Lipinski definition) is 1. The molecule has 2 aromatic carbocycles. The number of rotatable bonds is 3. The maximum atomic E-state index is 13.9. The molecule has 2 aromatic rings. The van der Waals surface area contributed by atoms with Crippen molar-refractivity contribution in [2.75, 3.05) is 0 Å². The highest BCUT2D eigenvalue weighted by Crippen LogP contribution is 2.30. The van der Waals surface area contributed by atoms with Crippen molar-refractivity contribution >= 4 is 27.5 Å². The van der Waals surface area contributed by atoms with Gasteiger partial charge in [-0.2, -0.15) is 0 Å². The molecule has 1 unspecified atom stereocenters. The Morgan fingerprint density at radius 3 is 2.45 bits per heavy atom. The molecule has 0 aromatic heterocycles. The summed E-state index contributed by atoms with van der Waals surface area (Å²) >= 11 is 8.77. The third kappa shape index (κ3) is 3.37. The van der Waals surface area contributed by atoms with Gasteiger partial charge in [0.2, 0.25) is 0 Å². The smallest absolute Gasteiger partial charge is 0.142 e. The van der Waals surface area contributed by atoms with Crippen LogP contribution in [0.3, 0.4) is 0 Å². The molecule has 0 fully saturated rings. The molecule has 0 bridgehead atoms. The molecule has 20 heavy (non-hydrogen) atoms. The highest BCUT2D eigenvalue weighted by atomic mass is 79.9. The Balaban J connectivity index is 2.32. The molecule has 1 nitrogen and oxygen atoms in total. The molecule has 0 spiro atoms. The third-order valence-electron chi connectivity index (χ3n) is 3.04. The number of aliphatic hydroxyl groups is 1. The minimum atomic E-state index is -1.44. The van der Waals surface area contributed by atoms with E-state index < -0.39 is 17.2 Å². The summed E-state index contributed by atoms with van der Waals surface area (Å²) < 4.78 is 27.9. The van der Waals surface area contributed by atoms with Crippen LogP contribution >= 0.6 is 27.5 Å². The van der Waals surface area contributed by atoms with Crippen molar-refractivity contribution in [3.8, 4) is 0 Å². The molecule has 0 aliphatic carbocycles. The second kappa shape index (κ2) is 5.80. The van der Waals surface area contributed by atoms with Crippen LogP contribution in [0.4, 0.5) is 8.78 Å². The molecule has 5 heteroatoms. The van der Waals surface area contributed by atoms with E-state index in [4.69, 9.17) is 11.6 Å². The highest BCUT2D eigenvalue weighted by Gasteiger charge is 2.27. The van der Waals surface area contributed by atoms with Gasteiger partial charge in [0.25, 0.3) is 0 Å². The summed E-state index contributed by atoms with van der Waals surface area (Å²) in [5.41, 5.74) is -0.735. The zero-order valence-corrected chi connectivity index (χ0v) is 13.0. The zero-order valence-electron chi connectivity index (χ0n) is 10.6. The van der Waals surface area contributed by atoms with Gasteiger partial charge in [0.05, 0.1) is 10.6 Å². The normalized spacial score (nSPS) is 14.1. The molecule has 0 amide bonds. The summed E-state index contributed by atoms with van der Waals surface area (Å²) in [6.45, 7) is 1.49. The first-order valence-corrected chi connectivity index (χ1v) is 7.08. The molecule has 1 N–H and O–H groups in total. The van der Waals surface area contributed by atoms with Crippen LogP contribution < -0.4 is 0 Å². The summed E-state index contributed by atoms with van der Waals surface area (Å²) in [7, 11) is 0. The second-order valence-corrected chi connectivity index (χ2v) is 6.15. The molecule has 0 saturated heterocycles. The van der Waals surface area contributed by atoms with E-state index in [9.17, 15) is 13.9 Å². The minimum Gasteiger partial charge on any atom is -0.385 e. The van der Waals surface area contributed by atoms with Crippen LogP contribution in [0.2, 0.25) is 5.02 Å².